The molecule has 0 aromatic carbocycles. The molecule has 0 aliphatic carbocycles. The Bertz CT molecular complexity index is 438. The zero-order valence-corrected chi connectivity index (χ0v) is 13.4. The van der Waals surface area contributed by atoms with Crippen molar-refractivity contribution in [3.8, 4) is 6.01 Å². The Kier molecular flexibility index (Phi) is 4.90. The van der Waals surface area contributed by atoms with Crippen molar-refractivity contribution < 1.29 is 14.3 Å². The number of halogens is 1. The Hall–Kier alpha value is -1.17. The molecule has 0 bridgehead atoms. The van der Waals surface area contributed by atoms with Gasteiger partial charge >= 0.3 is 12.0 Å². The fraction of sp³-hybridized carbons (Fsp3) is 0.615. The van der Waals surface area contributed by atoms with Crippen LogP contribution in [-0.2, 0) is 9.53 Å². The largest absolute Gasteiger partial charge is 0.462 e. The molecule has 0 aliphatic heterocycles. The van der Waals surface area contributed by atoms with Gasteiger partial charge in [0.1, 0.15) is 12.2 Å². The third-order valence-corrected chi connectivity index (χ3v) is 2.52. The van der Waals surface area contributed by atoms with Crippen LogP contribution in [0.1, 0.15) is 34.6 Å². The summed E-state index contributed by atoms with van der Waals surface area (Å²) in [6.07, 6.45) is 3.17. The zero-order valence-electron chi connectivity index (χ0n) is 11.9. The van der Waals surface area contributed by atoms with Crippen molar-refractivity contribution in [3.63, 3.8) is 0 Å². The summed E-state index contributed by atoms with van der Waals surface area (Å²) < 4.78 is 11.5. The van der Waals surface area contributed by atoms with E-state index >= 15 is 0 Å². The van der Waals surface area contributed by atoms with E-state index in [1.165, 1.54) is 0 Å². The average Bonchev–Trinajstić information content (AvgIpc) is 2.26. The van der Waals surface area contributed by atoms with Crippen LogP contribution < -0.4 is 4.74 Å². The lowest BCUT2D eigenvalue weighted by Gasteiger charge is -2.27. The van der Waals surface area contributed by atoms with Crippen molar-refractivity contribution in [1.82, 2.24) is 9.97 Å². The summed E-state index contributed by atoms with van der Waals surface area (Å²) >= 11 is 3.24. The molecule has 0 fully saturated rings. The molecule has 0 amide bonds. The van der Waals surface area contributed by atoms with Crippen LogP contribution in [0.25, 0.3) is 0 Å². The van der Waals surface area contributed by atoms with Gasteiger partial charge in [-0.1, -0.05) is 0 Å². The second kappa shape index (κ2) is 5.86. The molecular weight excluding hydrogens is 312 g/mol. The van der Waals surface area contributed by atoms with Crippen LogP contribution in [0.4, 0.5) is 0 Å². The van der Waals surface area contributed by atoms with E-state index in [0.717, 1.165) is 4.47 Å². The first-order chi connectivity index (χ1) is 8.60. The van der Waals surface area contributed by atoms with Crippen molar-refractivity contribution >= 4 is 21.9 Å². The van der Waals surface area contributed by atoms with Crippen LogP contribution in [-0.4, -0.2) is 28.1 Å². The molecule has 0 N–H and O–H groups in total. The van der Waals surface area contributed by atoms with Crippen LogP contribution in [0.3, 0.4) is 0 Å². The number of hydrogen-bond donors (Lipinski definition) is 0. The van der Waals surface area contributed by atoms with Gasteiger partial charge in [-0.2, -0.15) is 0 Å². The van der Waals surface area contributed by atoms with Gasteiger partial charge in [-0.05, 0) is 50.5 Å². The maximum Gasteiger partial charge on any atom is 0.316 e. The van der Waals surface area contributed by atoms with Crippen LogP contribution in [0, 0.1) is 5.41 Å². The maximum absolute atomic E-state index is 12.0. The molecule has 6 heteroatoms. The number of carbonyl (C=O) groups excluding carboxylic acids is 1. The summed E-state index contributed by atoms with van der Waals surface area (Å²) in [5.41, 5.74) is -1.27. The van der Waals surface area contributed by atoms with Crippen LogP contribution >= 0.6 is 15.9 Å². The second-order valence-electron chi connectivity index (χ2n) is 5.86. The zero-order chi connectivity index (χ0) is 14.7. The fourth-order valence-electron chi connectivity index (χ4n) is 1.10. The predicted molar refractivity (Wildman–Crippen MR) is 74.9 cm³/mol. The Morgan fingerprint density at radius 3 is 2.21 bits per heavy atom. The first-order valence-corrected chi connectivity index (χ1v) is 6.73. The molecule has 0 saturated carbocycles. The van der Waals surface area contributed by atoms with Crippen LogP contribution in [0.15, 0.2) is 16.9 Å². The Labute approximate surface area is 121 Å². The minimum Gasteiger partial charge on any atom is -0.462 e. The smallest absolute Gasteiger partial charge is 0.316 e. The van der Waals surface area contributed by atoms with Gasteiger partial charge in [0.25, 0.3) is 0 Å². The maximum atomic E-state index is 12.0. The molecule has 5 nitrogen and oxygen atoms in total. The van der Waals surface area contributed by atoms with Crippen LogP contribution in [0.5, 0.6) is 6.01 Å². The van der Waals surface area contributed by atoms with Crippen molar-refractivity contribution in [2.45, 2.75) is 40.2 Å². The van der Waals surface area contributed by atoms with Gasteiger partial charge < -0.3 is 9.47 Å². The third-order valence-electron chi connectivity index (χ3n) is 2.11. The lowest BCUT2D eigenvalue weighted by Crippen LogP contribution is -2.37. The first-order valence-electron chi connectivity index (χ1n) is 5.94. The first kappa shape index (κ1) is 15.9. The average molecular weight is 331 g/mol. The minimum atomic E-state index is -0.760. The van der Waals surface area contributed by atoms with Crippen molar-refractivity contribution in [1.29, 1.82) is 0 Å². The van der Waals surface area contributed by atoms with E-state index in [-0.39, 0.29) is 18.6 Å². The van der Waals surface area contributed by atoms with E-state index in [9.17, 15) is 4.79 Å². The number of nitrogens with zero attached hydrogens (tertiary/aromatic N) is 2. The predicted octanol–water partition coefficient (Wildman–Crippen LogP) is 2.99. The summed E-state index contributed by atoms with van der Waals surface area (Å²) in [6.45, 7) is 9.18. The summed E-state index contributed by atoms with van der Waals surface area (Å²) in [5.74, 6) is -0.308. The quantitative estimate of drug-likeness (QED) is 0.794. The summed E-state index contributed by atoms with van der Waals surface area (Å²) in [7, 11) is 0. The molecule has 0 aliphatic rings. The van der Waals surface area contributed by atoms with Gasteiger partial charge in [-0.25, -0.2) is 9.97 Å². The van der Waals surface area contributed by atoms with E-state index in [4.69, 9.17) is 9.47 Å². The van der Waals surface area contributed by atoms with E-state index < -0.39 is 11.0 Å². The van der Waals surface area contributed by atoms with Gasteiger partial charge in [0.2, 0.25) is 0 Å². The van der Waals surface area contributed by atoms with Gasteiger partial charge in [-0.3, -0.25) is 4.79 Å². The number of ether oxygens (including phenoxy) is 2. The van der Waals surface area contributed by atoms with Gasteiger partial charge in [0, 0.05) is 12.4 Å². The highest BCUT2D eigenvalue weighted by molar-refractivity contribution is 9.10. The highest BCUT2D eigenvalue weighted by Crippen LogP contribution is 2.22. The molecule has 0 saturated heterocycles. The lowest BCUT2D eigenvalue weighted by atomic mass is 9.95. The molecule has 0 unspecified atom stereocenters. The van der Waals surface area contributed by atoms with E-state index in [0.29, 0.717) is 0 Å². The van der Waals surface area contributed by atoms with Gasteiger partial charge in [-0.15, -0.1) is 0 Å². The van der Waals surface area contributed by atoms with E-state index in [1.54, 1.807) is 26.2 Å². The topological polar surface area (TPSA) is 61.3 Å². The number of carbonyl (C=O) groups is 1. The minimum absolute atomic E-state index is 0.156. The lowest BCUT2D eigenvalue weighted by molar-refractivity contribution is -0.167. The highest BCUT2D eigenvalue weighted by Gasteiger charge is 2.33. The molecule has 1 rings (SSSR count). The molecule has 1 aromatic heterocycles. The Balaban J connectivity index is 2.59. The second-order valence-corrected chi connectivity index (χ2v) is 6.77. The number of aromatic nitrogens is 2. The summed E-state index contributed by atoms with van der Waals surface area (Å²) in [6, 6.07) is 0.236. The van der Waals surface area contributed by atoms with Crippen LogP contribution in [0.2, 0.25) is 0 Å². The standard InChI is InChI=1S/C13H19BrN2O3/c1-12(2,3)19-10(17)13(4,5)8-18-11-15-6-9(14)7-16-11/h6-7H,8H2,1-5H3. The molecule has 106 valence electrons. The monoisotopic (exact) mass is 330 g/mol. The summed E-state index contributed by atoms with van der Waals surface area (Å²) in [4.78, 5) is 20.0. The number of rotatable bonds is 4. The molecule has 1 heterocycles. The fourth-order valence-corrected chi connectivity index (χ4v) is 1.30. The Morgan fingerprint density at radius 2 is 1.74 bits per heavy atom. The molecule has 0 radical (unpaired) electrons. The molecule has 0 spiro atoms. The normalized spacial score (nSPS) is 12.1. The van der Waals surface area contributed by atoms with Gasteiger partial charge in [0.15, 0.2) is 0 Å². The van der Waals surface area contributed by atoms with Crippen molar-refractivity contribution in [2.75, 3.05) is 6.61 Å². The molecule has 19 heavy (non-hydrogen) atoms. The number of hydrogen-bond acceptors (Lipinski definition) is 5. The SMILES string of the molecule is CC(C)(C)OC(=O)C(C)(C)COc1ncc(Br)cn1. The van der Waals surface area contributed by atoms with Gasteiger partial charge in [0.05, 0.1) is 9.89 Å². The van der Waals surface area contributed by atoms with Crippen molar-refractivity contribution in [3.05, 3.63) is 16.9 Å². The van der Waals surface area contributed by atoms with Crippen molar-refractivity contribution in [2.24, 2.45) is 5.41 Å². The third kappa shape index (κ3) is 5.55. The molecular formula is C13H19BrN2O3. The molecule has 0 atom stereocenters. The molecule has 1 aromatic rings. The summed E-state index contributed by atoms with van der Waals surface area (Å²) in [5, 5.41) is 0. The number of esters is 1. The van der Waals surface area contributed by atoms with E-state index in [2.05, 4.69) is 25.9 Å². The van der Waals surface area contributed by atoms with E-state index in [1.807, 2.05) is 20.8 Å². The highest BCUT2D eigenvalue weighted by atomic mass is 79.9. The Morgan fingerprint density at radius 1 is 1.21 bits per heavy atom.